The van der Waals surface area contributed by atoms with Crippen LogP contribution in [0.15, 0.2) is 47.8 Å². The highest BCUT2D eigenvalue weighted by Gasteiger charge is 2.25. The molecule has 0 aliphatic rings. The van der Waals surface area contributed by atoms with Crippen molar-refractivity contribution in [3.8, 4) is 5.75 Å². The molecule has 30 heavy (non-hydrogen) atoms. The second-order valence-electron chi connectivity index (χ2n) is 6.97. The van der Waals surface area contributed by atoms with E-state index in [-0.39, 0.29) is 11.5 Å². The number of rotatable bonds is 5. The summed E-state index contributed by atoms with van der Waals surface area (Å²) < 4.78 is 8.52. The molecule has 3 heterocycles. The number of aryl methyl sites for hydroxylation is 3. The van der Waals surface area contributed by atoms with Gasteiger partial charge in [0.1, 0.15) is 22.4 Å². The second-order valence-corrected chi connectivity index (χ2v) is 7.97. The predicted octanol–water partition coefficient (Wildman–Crippen LogP) is 2.56. The third-order valence-electron chi connectivity index (χ3n) is 5.06. The monoisotopic (exact) mass is 423 g/mol. The van der Waals surface area contributed by atoms with Gasteiger partial charge in [-0.25, -0.2) is 9.97 Å². The standard InChI is InChI=1S/C21H21N5O3S/c1-12-15-20(23-11-26(3)21(15)28)30-17(12)19(27)24-16(18-22-9-10-25(18)2)13-5-7-14(29-4)8-6-13/h5-11,16H,1-4H3,(H,24,27)/t16-/m1/s1. The molecule has 9 heteroatoms. The fourth-order valence-electron chi connectivity index (χ4n) is 3.37. The summed E-state index contributed by atoms with van der Waals surface area (Å²) in [5, 5.41) is 3.56. The maximum absolute atomic E-state index is 13.2. The molecular formula is C21H21N5O3S. The van der Waals surface area contributed by atoms with Crippen molar-refractivity contribution < 1.29 is 9.53 Å². The highest BCUT2D eigenvalue weighted by atomic mass is 32.1. The highest BCUT2D eigenvalue weighted by molar-refractivity contribution is 7.20. The first-order valence-electron chi connectivity index (χ1n) is 9.27. The Kier molecular flexibility index (Phi) is 5.13. The lowest BCUT2D eigenvalue weighted by molar-refractivity contribution is 0.0945. The molecule has 4 rings (SSSR count). The molecule has 0 aliphatic heterocycles. The summed E-state index contributed by atoms with van der Waals surface area (Å²) in [7, 11) is 5.13. The molecule has 1 amide bonds. The van der Waals surface area contributed by atoms with E-state index in [9.17, 15) is 9.59 Å². The molecule has 1 atom stereocenters. The van der Waals surface area contributed by atoms with E-state index in [1.165, 1.54) is 22.2 Å². The number of methoxy groups -OCH3 is 1. The van der Waals surface area contributed by atoms with Gasteiger partial charge in [-0.1, -0.05) is 12.1 Å². The van der Waals surface area contributed by atoms with Crippen molar-refractivity contribution in [3.63, 3.8) is 0 Å². The maximum Gasteiger partial charge on any atom is 0.262 e. The van der Waals surface area contributed by atoms with Crippen LogP contribution in [-0.2, 0) is 14.1 Å². The van der Waals surface area contributed by atoms with Gasteiger partial charge in [0.05, 0.1) is 23.7 Å². The summed E-state index contributed by atoms with van der Waals surface area (Å²) >= 11 is 1.22. The molecule has 1 N–H and O–H groups in total. The van der Waals surface area contributed by atoms with Gasteiger partial charge >= 0.3 is 0 Å². The van der Waals surface area contributed by atoms with Crippen LogP contribution in [0.4, 0.5) is 0 Å². The zero-order valence-corrected chi connectivity index (χ0v) is 17.9. The normalized spacial score (nSPS) is 12.1. The number of carbonyl (C=O) groups excluding carboxylic acids is 1. The Hall–Kier alpha value is -3.46. The average Bonchev–Trinajstić information content (AvgIpc) is 3.32. The van der Waals surface area contributed by atoms with Crippen molar-refractivity contribution in [2.24, 2.45) is 14.1 Å². The minimum atomic E-state index is -0.469. The number of fused-ring (bicyclic) bond motifs is 1. The average molecular weight is 423 g/mol. The SMILES string of the molecule is COc1ccc([C@@H](NC(=O)c2sc3ncn(C)c(=O)c3c2C)c2nccn2C)cc1. The third kappa shape index (κ3) is 3.37. The van der Waals surface area contributed by atoms with Crippen molar-refractivity contribution in [3.05, 3.63) is 75.2 Å². The van der Waals surface area contributed by atoms with Crippen LogP contribution in [0.5, 0.6) is 5.75 Å². The van der Waals surface area contributed by atoms with E-state index >= 15 is 0 Å². The first-order chi connectivity index (χ1) is 14.4. The van der Waals surface area contributed by atoms with Crippen molar-refractivity contribution in [2.45, 2.75) is 13.0 Å². The lowest BCUT2D eigenvalue weighted by Gasteiger charge is -2.19. The zero-order chi connectivity index (χ0) is 21.4. The van der Waals surface area contributed by atoms with E-state index in [0.717, 1.165) is 11.3 Å². The number of benzene rings is 1. The third-order valence-corrected chi connectivity index (χ3v) is 6.26. The summed E-state index contributed by atoms with van der Waals surface area (Å²) in [6.45, 7) is 1.78. The number of nitrogens with one attached hydrogen (secondary N) is 1. The van der Waals surface area contributed by atoms with Gasteiger partial charge in [-0.15, -0.1) is 11.3 Å². The molecular weight excluding hydrogens is 402 g/mol. The second kappa shape index (κ2) is 7.75. The van der Waals surface area contributed by atoms with E-state index in [1.807, 2.05) is 42.1 Å². The number of hydrogen-bond donors (Lipinski definition) is 1. The van der Waals surface area contributed by atoms with Crippen molar-refractivity contribution in [2.75, 3.05) is 7.11 Å². The molecule has 3 aromatic heterocycles. The molecule has 0 spiro atoms. The van der Waals surface area contributed by atoms with Crippen LogP contribution in [0.3, 0.4) is 0 Å². The maximum atomic E-state index is 13.2. The van der Waals surface area contributed by atoms with Crippen LogP contribution < -0.4 is 15.6 Å². The largest absolute Gasteiger partial charge is 0.497 e. The summed E-state index contributed by atoms with van der Waals surface area (Å²) in [5.74, 6) is 1.15. The van der Waals surface area contributed by atoms with Crippen molar-refractivity contribution in [1.82, 2.24) is 24.4 Å². The number of hydrogen-bond acceptors (Lipinski definition) is 6. The van der Waals surface area contributed by atoms with E-state index in [4.69, 9.17) is 4.74 Å². The van der Waals surface area contributed by atoms with Gasteiger partial charge in [-0.05, 0) is 30.2 Å². The molecule has 8 nitrogen and oxygen atoms in total. The molecule has 0 radical (unpaired) electrons. The molecule has 0 aliphatic carbocycles. The Morgan fingerprint density at radius 1 is 1.17 bits per heavy atom. The Labute approximate surface area is 176 Å². The Morgan fingerprint density at radius 3 is 2.53 bits per heavy atom. The highest BCUT2D eigenvalue weighted by Crippen LogP contribution is 2.29. The number of ether oxygens (including phenoxy) is 1. The summed E-state index contributed by atoms with van der Waals surface area (Å²) in [4.78, 5) is 35.5. The van der Waals surface area contributed by atoms with Gasteiger partial charge in [0, 0.05) is 26.5 Å². The Balaban J connectivity index is 1.75. The number of carbonyl (C=O) groups is 1. The van der Waals surface area contributed by atoms with E-state index in [0.29, 0.717) is 26.5 Å². The molecule has 0 saturated heterocycles. The lowest BCUT2D eigenvalue weighted by Crippen LogP contribution is -2.31. The van der Waals surface area contributed by atoms with E-state index in [1.54, 1.807) is 27.3 Å². The van der Waals surface area contributed by atoms with Crippen molar-refractivity contribution in [1.29, 1.82) is 0 Å². The summed E-state index contributed by atoms with van der Waals surface area (Å²) in [6.07, 6.45) is 4.99. The van der Waals surface area contributed by atoms with Gasteiger partial charge in [0.25, 0.3) is 11.5 Å². The molecule has 0 fully saturated rings. The summed E-state index contributed by atoms with van der Waals surface area (Å²) in [6, 6.07) is 7.01. The topological polar surface area (TPSA) is 91.0 Å². The van der Waals surface area contributed by atoms with Crippen LogP contribution >= 0.6 is 11.3 Å². The number of thiophene rings is 1. The Morgan fingerprint density at radius 2 is 1.90 bits per heavy atom. The number of nitrogens with zero attached hydrogens (tertiary/aromatic N) is 4. The van der Waals surface area contributed by atoms with Crippen molar-refractivity contribution >= 4 is 27.5 Å². The van der Waals surface area contributed by atoms with Crippen LogP contribution in [0.2, 0.25) is 0 Å². The quantitative estimate of drug-likeness (QED) is 0.533. The van der Waals surface area contributed by atoms with Crippen LogP contribution in [-0.4, -0.2) is 32.1 Å². The van der Waals surface area contributed by atoms with Gasteiger partial charge in [-0.3, -0.25) is 9.59 Å². The van der Waals surface area contributed by atoms with Gasteiger partial charge < -0.3 is 19.2 Å². The molecule has 0 saturated carbocycles. The van der Waals surface area contributed by atoms with Gasteiger partial charge in [0.2, 0.25) is 0 Å². The molecule has 1 aromatic carbocycles. The molecule has 4 aromatic rings. The fraction of sp³-hybridized carbons (Fsp3) is 0.238. The minimum absolute atomic E-state index is 0.163. The molecule has 0 unspecified atom stereocenters. The van der Waals surface area contributed by atoms with E-state index < -0.39 is 6.04 Å². The smallest absolute Gasteiger partial charge is 0.262 e. The fourth-order valence-corrected chi connectivity index (χ4v) is 4.41. The van der Waals surface area contributed by atoms with Gasteiger partial charge in [-0.2, -0.15) is 0 Å². The van der Waals surface area contributed by atoms with Crippen LogP contribution in [0, 0.1) is 6.92 Å². The predicted molar refractivity (Wildman–Crippen MR) is 115 cm³/mol. The number of imidazole rings is 1. The molecule has 0 bridgehead atoms. The first kappa shape index (κ1) is 19.8. The zero-order valence-electron chi connectivity index (χ0n) is 17.0. The van der Waals surface area contributed by atoms with E-state index in [2.05, 4.69) is 15.3 Å². The molecule has 154 valence electrons. The van der Waals surface area contributed by atoms with Gasteiger partial charge in [0.15, 0.2) is 0 Å². The Bertz CT molecular complexity index is 1290. The summed E-state index contributed by atoms with van der Waals surface area (Å²) in [5.41, 5.74) is 1.34. The van der Waals surface area contributed by atoms with Crippen LogP contribution in [0.1, 0.15) is 32.7 Å². The van der Waals surface area contributed by atoms with Crippen LogP contribution in [0.25, 0.3) is 10.2 Å². The lowest BCUT2D eigenvalue weighted by atomic mass is 10.1. The number of amides is 1. The first-order valence-corrected chi connectivity index (χ1v) is 10.1. The minimum Gasteiger partial charge on any atom is -0.497 e. The number of aromatic nitrogens is 4.